The van der Waals surface area contributed by atoms with Gasteiger partial charge in [-0.05, 0) is 73.8 Å². The largest absolute Gasteiger partial charge is 0.493 e. The van der Waals surface area contributed by atoms with Gasteiger partial charge in [-0.2, -0.15) is 0 Å². The van der Waals surface area contributed by atoms with E-state index in [-0.39, 0.29) is 17.9 Å². The van der Waals surface area contributed by atoms with E-state index in [0.29, 0.717) is 47.9 Å². The number of nitrogens with one attached hydrogen (secondary N) is 1. The number of furan rings is 1. The van der Waals surface area contributed by atoms with Crippen molar-refractivity contribution in [2.75, 3.05) is 59.9 Å². The van der Waals surface area contributed by atoms with Gasteiger partial charge in [-0.1, -0.05) is 18.2 Å². The van der Waals surface area contributed by atoms with Crippen molar-refractivity contribution in [1.82, 2.24) is 19.4 Å². The fourth-order valence-corrected chi connectivity index (χ4v) is 6.70. The van der Waals surface area contributed by atoms with Gasteiger partial charge in [0, 0.05) is 49.8 Å². The van der Waals surface area contributed by atoms with Crippen LogP contribution in [0, 0.1) is 11.6 Å². The molecule has 0 spiro atoms. The molecule has 0 saturated carbocycles. The van der Waals surface area contributed by atoms with Gasteiger partial charge in [0.05, 0.1) is 51.4 Å². The molecule has 5 aromatic rings. The van der Waals surface area contributed by atoms with Gasteiger partial charge in [-0.3, -0.25) is 4.79 Å². The molecule has 0 radical (unpaired) electrons. The van der Waals surface area contributed by atoms with Gasteiger partial charge in [-0.15, -0.1) is 0 Å². The Morgan fingerprint density at radius 1 is 1.00 bits per heavy atom. The number of anilines is 1. The third-order valence-corrected chi connectivity index (χ3v) is 9.46. The molecule has 12 heteroatoms. The molecule has 1 aliphatic rings. The van der Waals surface area contributed by atoms with Crippen molar-refractivity contribution in [3.05, 3.63) is 102 Å². The summed E-state index contributed by atoms with van der Waals surface area (Å²) in [5.74, 6) is -0.339. The third kappa shape index (κ3) is 7.70. The molecule has 6 rings (SSSR count). The second kappa shape index (κ2) is 15.6. The zero-order chi connectivity index (χ0) is 35.2. The van der Waals surface area contributed by atoms with Crippen LogP contribution in [-0.4, -0.2) is 85.9 Å². The van der Waals surface area contributed by atoms with E-state index in [1.165, 1.54) is 27.4 Å². The van der Waals surface area contributed by atoms with Crippen LogP contribution in [0.25, 0.3) is 11.0 Å². The van der Waals surface area contributed by atoms with Gasteiger partial charge in [0.15, 0.2) is 23.1 Å². The number of carbonyl (C=O) groups excluding carboxylic acids is 1. The number of piperidine rings is 1. The first-order valence-electron chi connectivity index (χ1n) is 16.7. The summed E-state index contributed by atoms with van der Waals surface area (Å²) in [7, 11) is 6.19. The van der Waals surface area contributed by atoms with Crippen molar-refractivity contribution in [3.63, 3.8) is 0 Å². The highest BCUT2D eigenvalue weighted by molar-refractivity contribution is 5.95. The molecule has 1 fully saturated rings. The fourth-order valence-electron chi connectivity index (χ4n) is 6.70. The van der Waals surface area contributed by atoms with Gasteiger partial charge in [0.1, 0.15) is 0 Å². The maximum atomic E-state index is 14.4. The van der Waals surface area contributed by atoms with E-state index in [1.54, 1.807) is 42.7 Å². The molecule has 1 atom stereocenters. The van der Waals surface area contributed by atoms with E-state index in [4.69, 9.17) is 23.6 Å². The molecule has 1 aliphatic heterocycles. The van der Waals surface area contributed by atoms with Crippen molar-refractivity contribution in [2.45, 2.75) is 37.8 Å². The minimum atomic E-state index is -0.906. The Kier molecular flexibility index (Phi) is 10.9. The van der Waals surface area contributed by atoms with E-state index in [0.717, 1.165) is 61.1 Å². The molecule has 1 saturated heterocycles. The van der Waals surface area contributed by atoms with Crippen molar-refractivity contribution in [1.29, 1.82) is 0 Å². The zero-order valence-electron chi connectivity index (χ0n) is 28.8. The highest BCUT2D eigenvalue weighted by Gasteiger charge is 2.26. The summed E-state index contributed by atoms with van der Waals surface area (Å²) in [6.45, 7) is 3.42. The second-order valence-corrected chi connectivity index (χ2v) is 12.7. The Morgan fingerprint density at radius 2 is 1.74 bits per heavy atom. The summed E-state index contributed by atoms with van der Waals surface area (Å²) < 4.78 is 52.1. The Morgan fingerprint density at radius 3 is 2.40 bits per heavy atom. The number of hydrogen-bond acceptors (Lipinski definition) is 8. The van der Waals surface area contributed by atoms with Crippen LogP contribution in [0.3, 0.4) is 0 Å². The number of methoxy groups -OCH3 is 3. The van der Waals surface area contributed by atoms with Gasteiger partial charge >= 0.3 is 0 Å². The maximum Gasteiger partial charge on any atom is 0.253 e. The normalized spacial score (nSPS) is 14.4. The van der Waals surface area contributed by atoms with E-state index < -0.39 is 11.6 Å². The van der Waals surface area contributed by atoms with Crippen molar-refractivity contribution >= 4 is 22.9 Å². The lowest BCUT2D eigenvalue weighted by atomic mass is 9.93. The molecule has 2 aromatic heterocycles. The first-order chi connectivity index (χ1) is 24.3. The number of nitrogens with zero attached hydrogens (tertiary/aromatic N) is 4. The number of hydrogen-bond donors (Lipinski definition) is 1. The van der Waals surface area contributed by atoms with Crippen LogP contribution in [0.1, 0.15) is 46.7 Å². The van der Waals surface area contributed by atoms with Crippen LogP contribution in [0.2, 0.25) is 0 Å². The van der Waals surface area contributed by atoms with E-state index in [1.807, 2.05) is 24.3 Å². The quantitative estimate of drug-likeness (QED) is 0.136. The molecular weight excluding hydrogens is 644 g/mol. The highest BCUT2D eigenvalue weighted by Crippen LogP contribution is 2.38. The number of carbonyl (C=O) groups is 1. The number of amides is 1. The summed E-state index contributed by atoms with van der Waals surface area (Å²) in [6.07, 6.45) is 5.93. The average Bonchev–Trinajstić information content (AvgIpc) is 3.78. The number of halogens is 2. The van der Waals surface area contributed by atoms with E-state index >= 15 is 0 Å². The van der Waals surface area contributed by atoms with Gasteiger partial charge in [-0.25, -0.2) is 13.8 Å². The maximum absolute atomic E-state index is 14.4. The summed E-state index contributed by atoms with van der Waals surface area (Å²) in [5, 5.41) is 3.70. The smallest absolute Gasteiger partial charge is 0.253 e. The number of imidazole rings is 1. The van der Waals surface area contributed by atoms with Crippen LogP contribution in [0.15, 0.2) is 77.6 Å². The number of likely N-dealkylation sites (tertiary alicyclic amines) is 1. The number of rotatable bonds is 14. The summed E-state index contributed by atoms with van der Waals surface area (Å²) in [6, 6.07) is 17.5. The Balaban J connectivity index is 1.11. The Labute approximate surface area is 290 Å². The zero-order valence-corrected chi connectivity index (χ0v) is 28.8. The first-order valence-corrected chi connectivity index (χ1v) is 16.7. The molecule has 1 unspecified atom stereocenters. The molecule has 3 aromatic carbocycles. The van der Waals surface area contributed by atoms with Crippen LogP contribution in [0.4, 0.5) is 14.7 Å². The lowest BCUT2D eigenvalue weighted by Gasteiger charge is -2.34. The summed E-state index contributed by atoms with van der Waals surface area (Å²) in [4.78, 5) is 22.5. The highest BCUT2D eigenvalue weighted by atomic mass is 19.2. The van der Waals surface area contributed by atoms with Crippen molar-refractivity contribution < 1.29 is 32.2 Å². The minimum Gasteiger partial charge on any atom is -0.493 e. The molecule has 1 N–H and O–H groups in total. The van der Waals surface area contributed by atoms with Crippen LogP contribution in [-0.2, 0) is 6.54 Å². The topological polar surface area (TPSA) is 94.2 Å². The van der Waals surface area contributed by atoms with Crippen LogP contribution < -0.4 is 19.5 Å². The van der Waals surface area contributed by atoms with Gasteiger partial charge in [0.25, 0.3) is 5.91 Å². The Hall–Kier alpha value is -5.10. The second-order valence-electron chi connectivity index (χ2n) is 12.7. The monoisotopic (exact) mass is 687 g/mol. The molecule has 0 bridgehead atoms. The standard InChI is InChI=1S/C38H43F2N5O5/c1-43(37(46)28-20-34(47-2)36(49-4)35(21-28)48-3)23-27(26-9-10-30(39)31(40)19-26)11-15-44-16-12-29(13-17-44)41-38-42-32-7-5-6-8-33(32)45(38)22-25-14-18-50-24-25/h5-10,14,18-21,24,27,29H,11-13,15-17,22-23H2,1-4H3,(H,41,42). The predicted molar refractivity (Wildman–Crippen MR) is 187 cm³/mol. The summed E-state index contributed by atoms with van der Waals surface area (Å²) >= 11 is 0. The SMILES string of the molecule is COc1cc(C(=O)N(C)CC(CCN2CCC(Nc3nc4ccccc4n3Cc3ccoc3)CC2)c2ccc(F)c(F)c2)cc(OC)c1OC. The van der Waals surface area contributed by atoms with Crippen molar-refractivity contribution in [2.24, 2.45) is 0 Å². The Bertz CT molecular complexity index is 1880. The molecule has 264 valence electrons. The van der Waals surface area contributed by atoms with Crippen LogP contribution >= 0.6 is 0 Å². The van der Waals surface area contributed by atoms with E-state index in [2.05, 4.69) is 20.9 Å². The van der Waals surface area contributed by atoms with E-state index in [9.17, 15) is 13.6 Å². The lowest BCUT2D eigenvalue weighted by molar-refractivity contribution is 0.0781. The number of fused-ring (bicyclic) bond motifs is 1. The lowest BCUT2D eigenvalue weighted by Crippen LogP contribution is -2.40. The molecule has 3 heterocycles. The minimum absolute atomic E-state index is 0.236. The molecule has 50 heavy (non-hydrogen) atoms. The number of ether oxygens (including phenoxy) is 3. The molecule has 1 amide bonds. The number of aromatic nitrogens is 2. The number of para-hydroxylation sites is 2. The van der Waals surface area contributed by atoms with Crippen LogP contribution in [0.5, 0.6) is 17.2 Å². The molecule has 0 aliphatic carbocycles. The van der Waals surface area contributed by atoms with Crippen molar-refractivity contribution in [3.8, 4) is 17.2 Å². The number of benzene rings is 3. The van der Waals surface area contributed by atoms with Gasteiger partial charge < -0.3 is 38.3 Å². The predicted octanol–water partition coefficient (Wildman–Crippen LogP) is 6.80. The molecule has 10 nitrogen and oxygen atoms in total. The summed E-state index contributed by atoms with van der Waals surface area (Å²) in [5.41, 5.74) is 4.07. The van der Waals surface area contributed by atoms with Gasteiger partial charge in [0.2, 0.25) is 11.7 Å². The number of likely N-dealkylation sites (N-methyl/N-ethyl adjacent to an activating group) is 1. The molecular formula is C38H43F2N5O5. The first kappa shape index (κ1) is 34.8. The average molecular weight is 688 g/mol. The third-order valence-electron chi connectivity index (χ3n) is 9.46. The fraction of sp³-hybridized carbons (Fsp3) is 0.368.